The molecule has 0 bridgehead atoms. The lowest BCUT2D eigenvalue weighted by atomic mass is 9.97. The third kappa shape index (κ3) is 3.01. The van der Waals surface area contributed by atoms with E-state index in [2.05, 4.69) is 20.2 Å². The lowest BCUT2D eigenvalue weighted by Gasteiger charge is -2.32. The number of piperidine rings is 1. The molecular formula is C22H21F2N7O. The fourth-order valence-electron chi connectivity index (χ4n) is 4.66. The average Bonchev–Trinajstić information content (AvgIpc) is 3.21. The molecule has 164 valence electrons. The van der Waals surface area contributed by atoms with Crippen molar-refractivity contribution in [3.63, 3.8) is 0 Å². The number of nitrogen functional groups attached to an aromatic ring is 1. The fraction of sp³-hybridized carbons (Fsp3) is 0.364. The van der Waals surface area contributed by atoms with Gasteiger partial charge in [-0.05, 0) is 31.0 Å². The number of hydrogen-bond donors (Lipinski definition) is 3. The minimum Gasteiger partial charge on any atom is -0.382 e. The highest BCUT2D eigenvalue weighted by molar-refractivity contribution is 6.07. The number of anilines is 1. The molecule has 1 saturated carbocycles. The van der Waals surface area contributed by atoms with E-state index in [9.17, 15) is 13.6 Å². The highest BCUT2D eigenvalue weighted by Crippen LogP contribution is 2.50. The summed E-state index contributed by atoms with van der Waals surface area (Å²) in [5.41, 5.74) is 10.1. The summed E-state index contributed by atoms with van der Waals surface area (Å²) in [5, 5.41) is 7.79. The second-order valence-electron chi connectivity index (χ2n) is 8.69. The van der Waals surface area contributed by atoms with E-state index in [-0.39, 0.29) is 12.3 Å². The molecule has 1 unspecified atom stereocenters. The number of likely N-dealkylation sites (tertiary alicyclic amines) is 1. The molecule has 6 rings (SSSR count). The first kappa shape index (κ1) is 19.1. The third-order valence-electron chi connectivity index (χ3n) is 6.53. The standard InChI is InChI=1S/C22H21F2N7O/c23-22(24)9-14(22)21(32)31-7-1-2-12(10-31)20-28-17-13-4-3-11(15-5-6-26-30-15)8-16(13)27-19(25)18(17)29-20/h3-6,8,12,14H,1-2,7,9-10H2,(H2,25,27)(H,26,30)(H,28,29)/t12-,14?/m0/s1. The molecule has 0 radical (unpaired) electrons. The quantitative estimate of drug-likeness (QED) is 0.454. The zero-order valence-corrected chi connectivity index (χ0v) is 17.1. The van der Waals surface area contributed by atoms with Crippen molar-refractivity contribution in [3.8, 4) is 11.3 Å². The Morgan fingerprint density at radius 1 is 1.25 bits per heavy atom. The summed E-state index contributed by atoms with van der Waals surface area (Å²) in [7, 11) is 0. The van der Waals surface area contributed by atoms with E-state index in [4.69, 9.17) is 10.7 Å². The number of imidazole rings is 1. The van der Waals surface area contributed by atoms with E-state index in [1.165, 1.54) is 0 Å². The molecule has 0 spiro atoms. The lowest BCUT2D eigenvalue weighted by molar-refractivity contribution is -0.136. The van der Waals surface area contributed by atoms with Crippen molar-refractivity contribution in [2.75, 3.05) is 18.8 Å². The average molecular weight is 437 g/mol. The normalized spacial score (nSPS) is 22.5. The van der Waals surface area contributed by atoms with Gasteiger partial charge in [-0.2, -0.15) is 5.10 Å². The van der Waals surface area contributed by atoms with Gasteiger partial charge in [0.15, 0.2) is 0 Å². The number of carbonyl (C=O) groups excluding carboxylic acids is 1. The summed E-state index contributed by atoms with van der Waals surface area (Å²) in [6.07, 6.45) is 2.91. The molecule has 4 aromatic rings. The highest BCUT2D eigenvalue weighted by atomic mass is 19.3. The number of hydrogen-bond acceptors (Lipinski definition) is 5. The Labute approximate surface area is 181 Å². The van der Waals surface area contributed by atoms with Crippen molar-refractivity contribution in [1.82, 2.24) is 30.0 Å². The number of aromatic nitrogens is 5. The molecule has 1 saturated heterocycles. The van der Waals surface area contributed by atoms with Crippen molar-refractivity contribution >= 4 is 33.7 Å². The van der Waals surface area contributed by atoms with E-state index in [1.54, 1.807) is 11.1 Å². The SMILES string of the molecule is Nc1nc2cc(-c3ccn[nH]3)ccc2c2nc([C@H]3CCCN(C(=O)C4CC4(F)F)C3)[nH]c12. The molecule has 8 nitrogen and oxygen atoms in total. The van der Waals surface area contributed by atoms with Gasteiger partial charge in [0.1, 0.15) is 28.6 Å². The maximum absolute atomic E-state index is 13.4. The van der Waals surface area contributed by atoms with E-state index in [1.807, 2.05) is 24.3 Å². The van der Waals surface area contributed by atoms with Crippen molar-refractivity contribution in [1.29, 1.82) is 0 Å². The molecular weight excluding hydrogens is 416 g/mol. The van der Waals surface area contributed by atoms with Gasteiger partial charge in [0.25, 0.3) is 5.92 Å². The molecule has 4 N–H and O–H groups in total. The van der Waals surface area contributed by atoms with Gasteiger partial charge in [-0.1, -0.05) is 6.07 Å². The predicted molar refractivity (Wildman–Crippen MR) is 115 cm³/mol. The molecule has 2 fully saturated rings. The van der Waals surface area contributed by atoms with Gasteiger partial charge >= 0.3 is 0 Å². The van der Waals surface area contributed by atoms with E-state index in [0.717, 1.165) is 40.5 Å². The van der Waals surface area contributed by atoms with Crippen LogP contribution in [0.3, 0.4) is 0 Å². The maximum Gasteiger partial charge on any atom is 0.260 e. The predicted octanol–water partition coefficient (Wildman–Crippen LogP) is 3.44. The van der Waals surface area contributed by atoms with Gasteiger partial charge in [-0.25, -0.2) is 18.7 Å². The zero-order chi connectivity index (χ0) is 22.0. The van der Waals surface area contributed by atoms with Crippen molar-refractivity contribution in [3.05, 3.63) is 36.3 Å². The number of amides is 1. The molecule has 3 aromatic heterocycles. The van der Waals surface area contributed by atoms with Crippen molar-refractivity contribution < 1.29 is 13.6 Å². The molecule has 2 atom stereocenters. The van der Waals surface area contributed by atoms with Crippen LogP contribution in [-0.4, -0.2) is 55.0 Å². The van der Waals surface area contributed by atoms with Crippen LogP contribution in [0.4, 0.5) is 14.6 Å². The summed E-state index contributed by atoms with van der Waals surface area (Å²) in [4.78, 5) is 26.7. The van der Waals surface area contributed by atoms with Crippen LogP contribution in [0.2, 0.25) is 0 Å². The van der Waals surface area contributed by atoms with E-state index < -0.39 is 17.7 Å². The van der Waals surface area contributed by atoms with Gasteiger partial charge in [0.2, 0.25) is 5.91 Å². The number of alkyl halides is 2. The van der Waals surface area contributed by atoms with Crippen molar-refractivity contribution in [2.45, 2.75) is 31.1 Å². The van der Waals surface area contributed by atoms with Gasteiger partial charge in [-0.15, -0.1) is 0 Å². The third-order valence-corrected chi connectivity index (χ3v) is 6.53. The summed E-state index contributed by atoms with van der Waals surface area (Å²) < 4.78 is 26.8. The van der Waals surface area contributed by atoms with Crippen LogP contribution in [0.5, 0.6) is 0 Å². The van der Waals surface area contributed by atoms with Gasteiger partial charge < -0.3 is 15.6 Å². The lowest BCUT2D eigenvalue weighted by Crippen LogP contribution is -2.41. The summed E-state index contributed by atoms with van der Waals surface area (Å²) in [5.74, 6) is -3.48. The number of fused-ring (bicyclic) bond motifs is 3. The first-order valence-corrected chi connectivity index (χ1v) is 10.7. The molecule has 1 aliphatic heterocycles. The molecule has 10 heteroatoms. The highest BCUT2D eigenvalue weighted by Gasteiger charge is 2.62. The molecule has 32 heavy (non-hydrogen) atoms. The van der Waals surface area contributed by atoms with Gasteiger partial charge in [-0.3, -0.25) is 9.89 Å². The summed E-state index contributed by atoms with van der Waals surface area (Å²) in [6.45, 7) is 0.881. The van der Waals surface area contributed by atoms with Crippen LogP contribution in [0.1, 0.15) is 31.0 Å². The first-order valence-electron chi connectivity index (χ1n) is 10.7. The Hall–Kier alpha value is -3.56. The Balaban J connectivity index is 1.34. The Morgan fingerprint density at radius 3 is 2.84 bits per heavy atom. The minimum absolute atomic E-state index is 0.0637. The first-order chi connectivity index (χ1) is 15.4. The molecule has 4 heterocycles. The van der Waals surface area contributed by atoms with Gasteiger partial charge in [0.05, 0.1) is 11.2 Å². The second-order valence-corrected chi connectivity index (χ2v) is 8.69. The van der Waals surface area contributed by atoms with Crippen LogP contribution >= 0.6 is 0 Å². The molecule has 2 aliphatic rings. The van der Waals surface area contributed by atoms with Crippen LogP contribution in [0, 0.1) is 5.92 Å². The van der Waals surface area contributed by atoms with Crippen LogP contribution in [0.25, 0.3) is 33.2 Å². The van der Waals surface area contributed by atoms with Gasteiger partial charge in [0, 0.05) is 42.6 Å². The molecule has 1 aliphatic carbocycles. The van der Waals surface area contributed by atoms with E-state index in [0.29, 0.717) is 30.2 Å². The Bertz CT molecular complexity index is 1350. The fourth-order valence-corrected chi connectivity index (χ4v) is 4.66. The summed E-state index contributed by atoms with van der Waals surface area (Å²) in [6, 6.07) is 7.74. The van der Waals surface area contributed by atoms with Crippen molar-refractivity contribution in [2.24, 2.45) is 5.92 Å². The molecule has 1 amide bonds. The smallest absolute Gasteiger partial charge is 0.260 e. The summed E-state index contributed by atoms with van der Waals surface area (Å²) >= 11 is 0. The maximum atomic E-state index is 13.4. The number of H-pyrrole nitrogens is 2. The number of nitrogens with one attached hydrogen (secondary N) is 2. The number of rotatable bonds is 3. The minimum atomic E-state index is -2.85. The molecule has 1 aromatic carbocycles. The topological polar surface area (TPSA) is 117 Å². The van der Waals surface area contributed by atoms with Crippen LogP contribution < -0.4 is 5.73 Å². The zero-order valence-electron chi connectivity index (χ0n) is 17.1. The number of aromatic amines is 2. The van der Waals surface area contributed by atoms with E-state index >= 15 is 0 Å². The Kier molecular flexibility index (Phi) is 4.02. The number of pyridine rings is 1. The van der Waals surface area contributed by atoms with Crippen LogP contribution in [-0.2, 0) is 4.79 Å². The monoisotopic (exact) mass is 437 g/mol. The Morgan fingerprint density at radius 2 is 2.09 bits per heavy atom. The number of carbonyl (C=O) groups is 1. The number of nitrogens with zero attached hydrogens (tertiary/aromatic N) is 4. The second kappa shape index (κ2) is 6.72. The largest absolute Gasteiger partial charge is 0.382 e. The number of halogens is 2. The number of benzene rings is 1. The number of nitrogens with two attached hydrogens (primary N) is 1. The van der Waals surface area contributed by atoms with Crippen LogP contribution in [0.15, 0.2) is 30.5 Å².